The van der Waals surface area contributed by atoms with E-state index in [9.17, 15) is 0 Å². The first-order chi connectivity index (χ1) is 6.31. The molecule has 0 amide bonds. The van der Waals surface area contributed by atoms with Crippen molar-refractivity contribution < 1.29 is 0 Å². The van der Waals surface area contributed by atoms with Crippen LogP contribution in [0.15, 0.2) is 28.2 Å². The van der Waals surface area contributed by atoms with Crippen molar-refractivity contribution in [2.45, 2.75) is 11.9 Å². The number of halogens is 1. The third kappa shape index (κ3) is 1.71. The van der Waals surface area contributed by atoms with E-state index in [2.05, 4.69) is 32.8 Å². The molecule has 2 heterocycles. The van der Waals surface area contributed by atoms with Gasteiger partial charge >= 0.3 is 0 Å². The van der Waals surface area contributed by atoms with E-state index >= 15 is 0 Å². The van der Waals surface area contributed by atoms with Crippen molar-refractivity contribution in [1.82, 2.24) is 14.4 Å². The van der Waals surface area contributed by atoms with E-state index < -0.39 is 0 Å². The second-order valence-corrected chi connectivity index (χ2v) is 4.53. The predicted octanol–water partition coefficient (Wildman–Crippen LogP) is 2.60. The molecule has 0 aliphatic carbocycles. The van der Waals surface area contributed by atoms with Crippen LogP contribution in [-0.4, -0.2) is 20.1 Å². The Kier molecular flexibility index (Phi) is 2.55. The molecule has 68 valence electrons. The second kappa shape index (κ2) is 3.67. The first-order valence-corrected chi connectivity index (χ1v) is 5.71. The van der Waals surface area contributed by atoms with Gasteiger partial charge in [-0.05, 0) is 21.7 Å². The summed E-state index contributed by atoms with van der Waals surface area (Å²) in [4.78, 5) is 8.60. The number of nitrogens with zero attached hydrogens (tertiary/aromatic N) is 3. The fourth-order valence-electron chi connectivity index (χ4n) is 1.11. The molecule has 0 unspecified atom stereocenters. The van der Waals surface area contributed by atoms with E-state index in [4.69, 9.17) is 0 Å². The van der Waals surface area contributed by atoms with Gasteiger partial charge in [0.25, 0.3) is 0 Å². The highest BCUT2D eigenvalue weighted by molar-refractivity contribution is 9.10. The smallest absolute Gasteiger partial charge is 0.169 e. The summed E-state index contributed by atoms with van der Waals surface area (Å²) < 4.78 is 2.81. The normalized spacial score (nSPS) is 10.9. The number of imidazole rings is 1. The molecule has 13 heavy (non-hydrogen) atoms. The molecule has 0 saturated carbocycles. The largest absolute Gasteiger partial charge is 0.302 e. The Morgan fingerprint density at radius 3 is 3.23 bits per heavy atom. The summed E-state index contributed by atoms with van der Waals surface area (Å²) in [6, 6.07) is 0. The van der Waals surface area contributed by atoms with E-state index in [1.165, 1.54) is 0 Å². The van der Waals surface area contributed by atoms with Crippen LogP contribution in [0, 0.1) is 0 Å². The van der Waals surface area contributed by atoms with Crippen LogP contribution < -0.4 is 0 Å². The molecule has 0 atom stereocenters. The molecule has 0 aliphatic rings. The Morgan fingerprint density at radius 1 is 1.62 bits per heavy atom. The van der Waals surface area contributed by atoms with Gasteiger partial charge in [0, 0.05) is 18.6 Å². The summed E-state index contributed by atoms with van der Waals surface area (Å²) in [5.41, 5.74) is 0.926. The molecule has 5 heteroatoms. The SMILES string of the molecule is CCSc1nc(Br)cn2ccnc12. The maximum Gasteiger partial charge on any atom is 0.169 e. The summed E-state index contributed by atoms with van der Waals surface area (Å²) in [5.74, 6) is 1.01. The maximum atomic E-state index is 4.36. The molecule has 0 aliphatic heterocycles. The van der Waals surface area contributed by atoms with E-state index in [0.717, 1.165) is 21.0 Å². The van der Waals surface area contributed by atoms with Crippen molar-refractivity contribution in [2.75, 3.05) is 5.75 Å². The molecule has 0 bridgehead atoms. The summed E-state index contributed by atoms with van der Waals surface area (Å²) >= 11 is 5.06. The van der Waals surface area contributed by atoms with Crippen LogP contribution in [0.1, 0.15) is 6.92 Å². The lowest BCUT2D eigenvalue weighted by Gasteiger charge is -2.01. The molecular formula is C8H8BrN3S. The first-order valence-electron chi connectivity index (χ1n) is 3.93. The molecule has 0 radical (unpaired) electrons. The van der Waals surface area contributed by atoms with Gasteiger partial charge in [-0.2, -0.15) is 0 Å². The fraction of sp³-hybridized carbons (Fsp3) is 0.250. The topological polar surface area (TPSA) is 30.2 Å². The minimum absolute atomic E-state index is 0.842. The van der Waals surface area contributed by atoms with Gasteiger partial charge < -0.3 is 4.40 Å². The quantitative estimate of drug-likeness (QED) is 0.775. The second-order valence-electron chi connectivity index (χ2n) is 2.46. The first kappa shape index (κ1) is 9.02. The van der Waals surface area contributed by atoms with E-state index in [-0.39, 0.29) is 0 Å². The summed E-state index contributed by atoms with van der Waals surface area (Å²) in [7, 11) is 0. The molecule has 3 nitrogen and oxygen atoms in total. The standard InChI is InChI=1S/C8H8BrN3S/c1-2-13-8-7-10-3-4-12(7)5-6(9)11-8/h3-5H,2H2,1H3. The molecule has 0 saturated heterocycles. The van der Waals surface area contributed by atoms with Crippen LogP contribution in [0.3, 0.4) is 0 Å². The Balaban J connectivity index is 2.63. The Bertz CT molecular complexity index is 426. The lowest BCUT2D eigenvalue weighted by Crippen LogP contribution is -1.91. The number of thioether (sulfide) groups is 1. The highest BCUT2D eigenvalue weighted by Gasteiger charge is 2.05. The predicted molar refractivity (Wildman–Crippen MR) is 57.1 cm³/mol. The number of rotatable bonds is 2. The number of fused-ring (bicyclic) bond motifs is 1. The van der Waals surface area contributed by atoms with Crippen LogP contribution in [0.5, 0.6) is 0 Å². The summed E-state index contributed by atoms with van der Waals surface area (Å²) in [6.07, 6.45) is 5.60. The third-order valence-corrected chi connectivity index (χ3v) is 2.81. The molecule has 0 aromatic carbocycles. The number of aromatic nitrogens is 3. The van der Waals surface area contributed by atoms with Crippen LogP contribution in [-0.2, 0) is 0 Å². The van der Waals surface area contributed by atoms with E-state index in [1.807, 2.05) is 16.8 Å². The Labute approximate surface area is 88.7 Å². The molecule has 0 N–H and O–H groups in total. The average molecular weight is 258 g/mol. The van der Waals surface area contributed by atoms with Crippen LogP contribution in [0.25, 0.3) is 5.65 Å². The minimum atomic E-state index is 0.842. The zero-order chi connectivity index (χ0) is 9.26. The van der Waals surface area contributed by atoms with Gasteiger partial charge in [0.1, 0.15) is 9.63 Å². The van der Waals surface area contributed by atoms with Gasteiger partial charge in [-0.3, -0.25) is 0 Å². The van der Waals surface area contributed by atoms with Crippen molar-refractivity contribution in [1.29, 1.82) is 0 Å². The summed E-state index contributed by atoms with van der Waals surface area (Å²) in [6.45, 7) is 2.10. The molecule has 0 fully saturated rings. The number of hydrogen-bond acceptors (Lipinski definition) is 3. The molecule has 2 rings (SSSR count). The fourth-order valence-corrected chi connectivity index (χ4v) is 2.35. The van der Waals surface area contributed by atoms with Crippen LogP contribution in [0.4, 0.5) is 0 Å². The average Bonchev–Trinajstić information content (AvgIpc) is 2.52. The third-order valence-electron chi connectivity index (χ3n) is 1.59. The monoisotopic (exact) mass is 257 g/mol. The Hall–Kier alpha value is -0.550. The highest BCUT2D eigenvalue weighted by atomic mass is 79.9. The maximum absolute atomic E-state index is 4.36. The van der Waals surface area contributed by atoms with Crippen molar-refractivity contribution in [3.8, 4) is 0 Å². The van der Waals surface area contributed by atoms with Crippen molar-refractivity contribution in [3.05, 3.63) is 23.2 Å². The van der Waals surface area contributed by atoms with E-state index in [1.54, 1.807) is 18.0 Å². The molecule has 2 aromatic heterocycles. The molecular weight excluding hydrogens is 250 g/mol. The van der Waals surface area contributed by atoms with Crippen molar-refractivity contribution in [3.63, 3.8) is 0 Å². The van der Waals surface area contributed by atoms with Crippen LogP contribution >= 0.6 is 27.7 Å². The summed E-state index contributed by atoms with van der Waals surface area (Å²) in [5, 5.41) is 0.974. The van der Waals surface area contributed by atoms with E-state index in [0.29, 0.717) is 0 Å². The van der Waals surface area contributed by atoms with Gasteiger partial charge in [-0.25, -0.2) is 9.97 Å². The van der Waals surface area contributed by atoms with Crippen molar-refractivity contribution >= 4 is 33.3 Å². The minimum Gasteiger partial charge on any atom is -0.302 e. The lowest BCUT2D eigenvalue weighted by atomic mass is 10.7. The molecule has 2 aromatic rings. The van der Waals surface area contributed by atoms with Crippen LogP contribution in [0.2, 0.25) is 0 Å². The van der Waals surface area contributed by atoms with Gasteiger partial charge in [0.15, 0.2) is 5.65 Å². The number of hydrogen-bond donors (Lipinski definition) is 0. The lowest BCUT2D eigenvalue weighted by molar-refractivity contribution is 1.01. The molecule has 0 spiro atoms. The highest BCUT2D eigenvalue weighted by Crippen LogP contribution is 2.22. The van der Waals surface area contributed by atoms with Crippen molar-refractivity contribution in [2.24, 2.45) is 0 Å². The van der Waals surface area contributed by atoms with Gasteiger partial charge in [-0.1, -0.05) is 6.92 Å². The van der Waals surface area contributed by atoms with Gasteiger partial charge in [0.2, 0.25) is 0 Å². The zero-order valence-electron chi connectivity index (χ0n) is 7.07. The van der Waals surface area contributed by atoms with Gasteiger partial charge in [-0.15, -0.1) is 11.8 Å². The van der Waals surface area contributed by atoms with Gasteiger partial charge in [0.05, 0.1) is 0 Å². The zero-order valence-corrected chi connectivity index (χ0v) is 9.47. The Morgan fingerprint density at radius 2 is 2.46 bits per heavy atom.